The van der Waals surface area contributed by atoms with Crippen molar-refractivity contribution in [3.05, 3.63) is 0 Å². The van der Waals surface area contributed by atoms with E-state index in [-0.39, 0.29) is 19.4 Å². The Kier molecular flexibility index (Phi) is 39.0. The minimum Gasteiger partial charge on any atom is -0.462 e. The zero-order chi connectivity index (χ0) is 38.2. The molecule has 1 atom stereocenters. The number of phosphoric acid groups is 1. The zero-order valence-corrected chi connectivity index (χ0v) is 35.1. The van der Waals surface area contributed by atoms with Crippen LogP contribution >= 0.6 is 7.82 Å². The van der Waals surface area contributed by atoms with Crippen LogP contribution in [0.2, 0.25) is 0 Å². The second kappa shape index (κ2) is 39.7. The molecule has 1 unspecified atom stereocenters. The van der Waals surface area contributed by atoms with Crippen molar-refractivity contribution in [2.75, 3.05) is 13.2 Å². The number of hydrogen-bond acceptors (Lipinski definition) is 6. The van der Waals surface area contributed by atoms with Crippen LogP contribution in [0, 0.1) is 0 Å². The predicted molar refractivity (Wildman–Crippen MR) is 216 cm³/mol. The van der Waals surface area contributed by atoms with E-state index < -0.39 is 32.5 Å². The second-order valence-corrected chi connectivity index (χ2v) is 16.6. The molecule has 52 heavy (non-hydrogen) atoms. The summed E-state index contributed by atoms with van der Waals surface area (Å²) < 4.78 is 26.4. The molecule has 0 spiro atoms. The first-order valence-electron chi connectivity index (χ1n) is 22.3. The summed E-state index contributed by atoms with van der Waals surface area (Å²) in [5.74, 6) is -0.865. The minimum absolute atomic E-state index is 0.220. The number of hydrogen-bond donors (Lipinski definition) is 2. The van der Waals surface area contributed by atoms with E-state index in [1.807, 2.05) is 0 Å². The molecule has 0 aromatic heterocycles. The van der Waals surface area contributed by atoms with E-state index in [1.165, 1.54) is 180 Å². The van der Waals surface area contributed by atoms with E-state index in [0.29, 0.717) is 6.42 Å². The van der Waals surface area contributed by atoms with Crippen LogP contribution in [0.1, 0.15) is 245 Å². The Morgan fingerprint density at radius 1 is 0.423 bits per heavy atom. The smallest absolute Gasteiger partial charge is 0.462 e. The number of esters is 2. The summed E-state index contributed by atoms with van der Waals surface area (Å²) in [7, 11) is -4.75. The molecule has 310 valence electrons. The number of rotatable bonds is 42. The topological polar surface area (TPSA) is 119 Å². The number of phosphoric ester groups is 1. The molecule has 8 nitrogen and oxygen atoms in total. The summed E-state index contributed by atoms with van der Waals surface area (Å²) in [6, 6.07) is 0. The Bertz CT molecular complexity index is 817. The Labute approximate surface area is 321 Å². The third kappa shape index (κ3) is 41.8. The average molecular weight is 761 g/mol. The first kappa shape index (κ1) is 51.0. The second-order valence-electron chi connectivity index (χ2n) is 15.4. The number of unbranched alkanes of at least 4 members (excludes halogenated alkanes) is 32. The zero-order valence-electron chi connectivity index (χ0n) is 34.2. The third-order valence-electron chi connectivity index (χ3n) is 10.1. The van der Waals surface area contributed by atoms with Gasteiger partial charge in [0.25, 0.3) is 0 Å². The Hall–Kier alpha value is -0.950. The van der Waals surface area contributed by atoms with Gasteiger partial charge in [-0.3, -0.25) is 14.1 Å². The molecule has 0 heterocycles. The van der Waals surface area contributed by atoms with Crippen LogP contribution in [0.4, 0.5) is 0 Å². The van der Waals surface area contributed by atoms with Crippen LogP contribution in [0.25, 0.3) is 0 Å². The number of carbonyl (C=O) groups excluding carboxylic acids is 2. The van der Waals surface area contributed by atoms with Gasteiger partial charge in [0.05, 0.1) is 6.61 Å². The maximum Gasteiger partial charge on any atom is 0.469 e. The lowest BCUT2D eigenvalue weighted by Gasteiger charge is -2.18. The van der Waals surface area contributed by atoms with Gasteiger partial charge in [0.2, 0.25) is 0 Å². The van der Waals surface area contributed by atoms with Gasteiger partial charge in [-0.25, -0.2) is 4.57 Å². The molecule has 0 aliphatic heterocycles. The van der Waals surface area contributed by atoms with E-state index in [1.54, 1.807) is 0 Å². The van der Waals surface area contributed by atoms with E-state index in [9.17, 15) is 14.2 Å². The molecule has 0 bridgehead atoms. The van der Waals surface area contributed by atoms with Crippen LogP contribution in [0.15, 0.2) is 0 Å². The highest BCUT2D eigenvalue weighted by Gasteiger charge is 2.23. The molecule has 0 rings (SSSR count). The molecular formula is C43H85O8P. The highest BCUT2D eigenvalue weighted by Crippen LogP contribution is 2.36. The molecule has 0 fully saturated rings. The van der Waals surface area contributed by atoms with Gasteiger partial charge in [-0.1, -0.05) is 219 Å². The maximum absolute atomic E-state index is 12.4. The van der Waals surface area contributed by atoms with Crippen molar-refractivity contribution in [1.29, 1.82) is 0 Å². The first-order valence-corrected chi connectivity index (χ1v) is 23.9. The van der Waals surface area contributed by atoms with Crippen LogP contribution in [-0.2, 0) is 28.2 Å². The van der Waals surface area contributed by atoms with Gasteiger partial charge >= 0.3 is 19.8 Å². The van der Waals surface area contributed by atoms with Gasteiger partial charge in [-0.2, -0.15) is 0 Å². The van der Waals surface area contributed by atoms with Crippen molar-refractivity contribution in [2.24, 2.45) is 0 Å². The molecule has 0 saturated carbocycles. The van der Waals surface area contributed by atoms with Crippen molar-refractivity contribution < 1.29 is 37.9 Å². The molecule has 9 heteroatoms. The third-order valence-corrected chi connectivity index (χ3v) is 10.6. The maximum atomic E-state index is 12.4. The quantitative estimate of drug-likeness (QED) is 0.0358. The SMILES string of the molecule is CCCCCCCCCCCCCCCCCCCC(=O)OCC(COP(=O)(O)O)OC(=O)CCCCCCCCCCCCCCCCCCC. The van der Waals surface area contributed by atoms with Gasteiger partial charge in [0, 0.05) is 12.8 Å². The van der Waals surface area contributed by atoms with E-state index in [4.69, 9.17) is 19.3 Å². The molecule has 0 amide bonds. The summed E-state index contributed by atoms with van der Waals surface area (Å²) in [6.07, 6.45) is 42.5. The van der Waals surface area contributed by atoms with Crippen molar-refractivity contribution in [3.63, 3.8) is 0 Å². The predicted octanol–water partition coefficient (Wildman–Crippen LogP) is 13.6. The van der Waals surface area contributed by atoms with Crippen LogP contribution < -0.4 is 0 Å². The van der Waals surface area contributed by atoms with Crippen LogP contribution in [0.5, 0.6) is 0 Å². The van der Waals surface area contributed by atoms with E-state index >= 15 is 0 Å². The van der Waals surface area contributed by atoms with E-state index in [0.717, 1.165) is 32.1 Å². The molecular weight excluding hydrogens is 675 g/mol. The van der Waals surface area contributed by atoms with Crippen molar-refractivity contribution in [2.45, 2.75) is 251 Å². The van der Waals surface area contributed by atoms with E-state index in [2.05, 4.69) is 18.4 Å². The summed E-state index contributed by atoms with van der Waals surface area (Å²) in [6.45, 7) is 3.73. The minimum atomic E-state index is -4.75. The number of carbonyl (C=O) groups is 2. The summed E-state index contributed by atoms with van der Waals surface area (Å²) in [5, 5.41) is 0. The molecule has 0 radical (unpaired) electrons. The van der Waals surface area contributed by atoms with Crippen molar-refractivity contribution in [3.8, 4) is 0 Å². The largest absolute Gasteiger partial charge is 0.469 e. The Morgan fingerprint density at radius 3 is 0.981 bits per heavy atom. The van der Waals surface area contributed by atoms with Crippen LogP contribution in [0.3, 0.4) is 0 Å². The normalized spacial score (nSPS) is 12.3. The van der Waals surface area contributed by atoms with Gasteiger partial charge in [-0.15, -0.1) is 0 Å². The van der Waals surface area contributed by atoms with Gasteiger partial charge < -0.3 is 19.3 Å². The Morgan fingerprint density at radius 2 is 0.692 bits per heavy atom. The standard InChI is InChI=1S/C43H85O8P/c1-3-5-7-9-11-13-15-17-19-21-23-25-27-29-31-33-35-37-42(44)49-39-41(40-50-52(46,47)48)51-43(45)38-36-34-32-30-28-26-24-22-20-18-16-14-12-10-8-6-4-2/h41H,3-40H2,1-2H3,(H2,46,47,48). The highest BCUT2D eigenvalue weighted by atomic mass is 31.2. The first-order chi connectivity index (χ1) is 25.3. The lowest BCUT2D eigenvalue weighted by atomic mass is 10.0. The molecule has 0 saturated heterocycles. The fourth-order valence-corrected chi connectivity index (χ4v) is 7.15. The Balaban J connectivity index is 3.83. The summed E-state index contributed by atoms with van der Waals surface area (Å²) in [4.78, 5) is 42.9. The lowest BCUT2D eigenvalue weighted by Crippen LogP contribution is -2.29. The fourth-order valence-electron chi connectivity index (χ4n) is 6.79. The molecule has 0 aromatic carbocycles. The van der Waals surface area contributed by atoms with Crippen molar-refractivity contribution in [1.82, 2.24) is 0 Å². The van der Waals surface area contributed by atoms with Crippen LogP contribution in [-0.4, -0.2) is 41.0 Å². The lowest BCUT2D eigenvalue weighted by molar-refractivity contribution is -0.161. The molecule has 0 aliphatic rings. The monoisotopic (exact) mass is 761 g/mol. The molecule has 0 aromatic rings. The summed E-state index contributed by atoms with van der Waals surface area (Å²) in [5.41, 5.74) is 0. The van der Waals surface area contributed by atoms with Gasteiger partial charge in [0.15, 0.2) is 6.10 Å². The van der Waals surface area contributed by atoms with Gasteiger partial charge in [0.1, 0.15) is 6.61 Å². The average Bonchev–Trinajstić information content (AvgIpc) is 3.11. The summed E-state index contributed by atoms with van der Waals surface area (Å²) >= 11 is 0. The highest BCUT2D eigenvalue weighted by molar-refractivity contribution is 7.46. The molecule has 0 aliphatic carbocycles. The van der Waals surface area contributed by atoms with Crippen molar-refractivity contribution >= 4 is 19.8 Å². The molecule has 2 N–H and O–H groups in total. The van der Waals surface area contributed by atoms with Gasteiger partial charge in [-0.05, 0) is 12.8 Å². The number of ether oxygens (including phenoxy) is 2. The fraction of sp³-hybridized carbons (Fsp3) is 0.953.